The van der Waals surface area contributed by atoms with Crippen molar-refractivity contribution in [1.29, 1.82) is 0 Å². The number of allylic oxidation sites excluding steroid dienone is 1. The predicted molar refractivity (Wildman–Crippen MR) is 132 cm³/mol. The second kappa shape index (κ2) is 10.9. The molecule has 1 heterocycles. The molecule has 1 unspecified atom stereocenters. The van der Waals surface area contributed by atoms with Crippen LogP contribution in [0.15, 0.2) is 59.8 Å². The van der Waals surface area contributed by atoms with Crippen LogP contribution in [0.1, 0.15) is 24.1 Å². The van der Waals surface area contributed by atoms with Gasteiger partial charge in [0.15, 0.2) is 5.11 Å². The van der Waals surface area contributed by atoms with Gasteiger partial charge in [-0.15, -0.1) is 0 Å². The largest absolute Gasteiger partial charge is 0.460 e. The third kappa shape index (κ3) is 5.88. The van der Waals surface area contributed by atoms with Gasteiger partial charge in [0, 0.05) is 31.2 Å². The highest BCUT2D eigenvalue weighted by atomic mass is 32.1. The third-order valence-corrected chi connectivity index (χ3v) is 5.78. The van der Waals surface area contributed by atoms with Gasteiger partial charge in [0.1, 0.15) is 6.61 Å². The first-order valence-corrected chi connectivity index (χ1v) is 10.9. The molecule has 0 fully saturated rings. The molecule has 8 nitrogen and oxygen atoms in total. The molecule has 0 bridgehead atoms. The van der Waals surface area contributed by atoms with Gasteiger partial charge < -0.3 is 30.3 Å². The van der Waals surface area contributed by atoms with Crippen molar-refractivity contribution in [2.75, 3.05) is 38.0 Å². The van der Waals surface area contributed by atoms with Crippen LogP contribution < -0.4 is 16.0 Å². The molecule has 1 aliphatic rings. The van der Waals surface area contributed by atoms with Crippen molar-refractivity contribution in [2.24, 2.45) is 0 Å². The molecule has 33 heavy (non-hydrogen) atoms. The second-order valence-corrected chi connectivity index (χ2v) is 7.97. The van der Waals surface area contributed by atoms with E-state index in [0.29, 0.717) is 28.7 Å². The maximum Gasteiger partial charge on any atom is 0.338 e. The maximum absolute atomic E-state index is 12.8. The molecule has 2 aromatic carbocycles. The number of anilines is 2. The molecule has 0 aliphatic carbocycles. The molecular formula is C24H28N4O4S. The standard InChI is InChI=1S/C24H28N4O4S/c1-15-7-5-6-8-19(15)26-23(30)25-18-11-9-17(10-12-18)21-20(22(29)32-14-13-31-4)16(2)28(3)24(33)27-21/h5-12,21H,13-14H2,1-4H3,(H,27,33)(H2,25,26,30). The van der Waals surface area contributed by atoms with Crippen molar-refractivity contribution in [3.63, 3.8) is 0 Å². The van der Waals surface area contributed by atoms with E-state index in [-0.39, 0.29) is 12.6 Å². The summed E-state index contributed by atoms with van der Waals surface area (Å²) in [5, 5.41) is 9.36. The monoisotopic (exact) mass is 468 g/mol. The summed E-state index contributed by atoms with van der Waals surface area (Å²) in [7, 11) is 3.34. The van der Waals surface area contributed by atoms with Crippen LogP contribution in [0.25, 0.3) is 0 Å². The smallest absolute Gasteiger partial charge is 0.338 e. The Bertz CT molecular complexity index is 1070. The van der Waals surface area contributed by atoms with Crippen LogP contribution in [0.2, 0.25) is 0 Å². The average Bonchev–Trinajstić information content (AvgIpc) is 2.79. The number of methoxy groups -OCH3 is 1. The predicted octanol–water partition coefficient (Wildman–Crippen LogP) is 3.96. The van der Waals surface area contributed by atoms with Gasteiger partial charge in [0.25, 0.3) is 0 Å². The van der Waals surface area contributed by atoms with Gasteiger partial charge in [-0.25, -0.2) is 9.59 Å². The Hall–Kier alpha value is -3.43. The fourth-order valence-electron chi connectivity index (χ4n) is 3.40. The van der Waals surface area contributed by atoms with Gasteiger partial charge in [0.05, 0.1) is 18.2 Å². The summed E-state index contributed by atoms with van der Waals surface area (Å²) in [6, 6.07) is 14.0. The number of para-hydroxylation sites is 1. The Morgan fingerprint density at radius 2 is 1.76 bits per heavy atom. The Morgan fingerprint density at radius 1 is 1.06 bits per heavy atom. The van der Waals surface area contributed by atoms with E-state index < -0.39 is 12.0 Å². The number of aryl methyl sites for hydroxylation is 1. The van der Waals surface area contributed by atoms with E-state index >= 15 is 0 Å². The molecule has 0 saturated heterocycles. The highest BCUT2D eigenvalue weighted by Gasteiger charge is 2.33. The lowest BCUT2D eigenvalue weighted by Gasteiger charge is -2.35. The molecule has 1 atom stereocenters. The van der Waals surface area contributed by atoms with E-state index in [0.717, 1.165) is 16.8 Å². The van der Waals surface area contributed by atoms with Crippen molar-refractivity contribution in [2.45, 2.75) is 19.9 Å². The highest BCUT2D eigenvalue weighted by molar-refractivity contribution is 7.80. The van der Waals surface area contributed by atoms with Crippen LogP contribution in [0.5, 0.6) is 0 Å². The molecule has 9 heteroatoms. The number of hydrogen-bond acceptors (Lipinski definition) is 5. The average molecular weight is 469 g/mol. The second-order valence-electron chi connectivity index (χ2n) is 7.59. The minimum Gasteiger partial charge on any atom is -0.460 e. The third-order valence-electron chi connectivity index (χ3n) is 5.39. The SMILES string of the molecule is COCCOC(=O)C1=C(C)N(C)C(=S)NC1c1ccc(NC(=O)Nc2ccccc2C)cc1. The summed E-state index contributed by atoms with van der Waals surface area (Å²) in [5.41, 5.74) is 4.33. The first-order valence-electron chi connectivity index (χ1n) is 10.5. The van der Waals surface area contributed by atoms with Crippen LogP contribution in [-0.4, -0.2) is 49.4 Å². The zero-order valence-electron chi connectivity index (χ0n) is 19.1. The Morgan fingerprint density at radius 3 is 2.42 bits per heavy atom. The number of nitrogens with one attached hydrogen (secondary N) is 3. The van der Waals surface area contributed by atoms with Crippen molar-refractivity contribution in [3.8, 4) is 0 Å². The molecule has 0 radical (unpaired) electrons. The molecule has 1 aliphatic heterocycles. The lowest BCUT2D eigenvalue weighted by molar-refractivity contribution is -0.140. The van der Waals surface area contributed by atoms with Crippen molar-refractivity contribution in [3.05, 3.63) is 70.9 Å². The summed E-state index contributed by atoms with van der Waals surface area (Å²) < 4.78 is 10.3. The minimum atomic E-state index is -0.474. The number of benzene rings is 2. The van der Waals surface area contributed by atoms with Crippen LogP contribution in [0.3, 0.4) is 0 Å². The molecule has 0 aromatic heterocycles. The number of esters is 1. The van der Waals surface area contributed by atoms with Crippen LogP contribution >= 0.6 is 12.2 Å². The minimum absolute atomic E-state index is 0.159. The zero-order valence-corrected chi connectivity index (χ0v) is 19.9. The molecule has 2 amide bonds. The van der Waals surface area contributed by atoms with Gasteiger partial charge in [-0.1, -0.05) is 30.3 Å². The Kier molecular flexibility index (Phi) is 8.02. The van der Waals surface area contributed by atoms with E-state index in [1.54, 1.807) is 31.2 Å². The first-order chi connectivity index (χ1) is 15.8. The van der Waals surface area contributed by atoms with Crippen molar-refractivity contribution < 1.29 is 19.1 Å². The summed E-state index contributed by atoms with van der Waals surface area (Å²) in [4.78, 5) is 26.9. The fraction of sp³-hybridized carbons (Fsp3) is 0.292. The van der Waals surface area contributed by atoms with Gasteiger partial charge in [-0.2, -0.15) is 0 Å². The van der Waals surface area contributed by atoms with E-state index in [2.05, 4.69) is 16.0 Å². The van der Waals surface area contributed by atoms with Crippen LogP contribution in [0, 0.1) is 6.92 Å². The topological polar surface area (TPSA) is 91.9 Å². The summed E-state index contributed by atoms with van der Waals surface area (Å²) in [5.74, 6) is -0.434. The summed E-state index contributed by atoms with van der Waals surface area (Å²) >= 11 is 5.43. The molecule has 174 valence electrons. The lowest BCUT2D eigenvalue weighted by Crippen LogP contribution is -2.46. The molecule has 3 N–H and O–H groups in total. The molecule has 3 rings (SSSR count). The van der Waals surface area contributed by atoms with Crippen LogP contribution in [-0.2, 0) is 14.3 Å². The van der Waals surface area contributed by atoms with Gasteiger partial charge in [-0.3, -0.25) is 0 Å². The molecule has 0 spiro atoms. The summed E-state index contributed by atoms with van der Waals surface area (Å²) in [6.45, 7) is 4.23. The number of urea groups is 1. The molecule has 2 aromatic rings. The number of amides is 2. The zero-order chi connectivity index (χ0) is 24.0. The van der Waals surface area contributed by atoms with E-state index in [1.165, 1.54) is 0 Å². The number of carbonyl (C=O) groups is 2. The number of rotatable bonds is 7. The van der Waals surface area contributed by atoms with E-state index in [1.807, 2.05) is 50.2 Å². The normalized spacial score (nSPS) is 15.7. The van der Waals surface area contributed by atoms with Crippen molar-refractivity contribution in [1.82, 2.24) is 10.2 Å². The number of ether oxygens (including phenoxy) is 2. The highest BCUT2D eigenvalue weighted by Crippen LogP contribution is 2.31. The van der Waals surface area contributed by atoms with Crippen molar-refractivity contribution >= 4 is 40.7 Å². The maximum atomic E-state index is 12.8. The lowest BCUT2D eigenvalue weighted by atomic mass is 9.95. The van der Waals surface area contributed by atoms with Gasteiger partial charge in [0.2, 0.25) is 0 Å². The fourth-order valence-corrected chi connectivity index (χ4v) is 3.66. The number of nitrogens with zero attached hydrogens (tertiary/aromatic N) is 1. The number of thiocarbonyl (C=S) groups is 1. The Labute approximate surface area is 198 Å². The number of hydrogen-bond donors (Lipinski definition) is 3. The van der Waals surface area contributed by atoms with E-state index in [4.69, 9.17) is 21.7 Å². The number of carbonyl (C=O) groups excluding carboxylic acids is 2. The quantitative estimate of drug-likeness (QED) is 0.322. The van der Waals surface area contributed by atoms with Gasteiger partial charge >= 0.3 is 12.0 Å². The molecular weight excluding hydrogens is 440 g/mol. The first kappa shape index (κ1) is 24.2. The summed E-state index contributed by atoms with van der Waals surface area (Å²) in [6.07, 6.45) is 0. The Balaban J connectivity index is 1.76. The van der Waals surface area contributed by atoms with E-state index in [9.17, 15) is 9.59 Å². The van der Waals surface area contributed by atoms with Crippen LogP contribution in [0.4, 0.5) is 16.2 Å². The van der Waals surface area contributed by atoms with Gasteiger partial charge in [-0.05, 0) is 55.4 Å². The molecule has 0 saturated carbocycles.